The SMILES string of the molecule is C[C@H](CCCNC(=O)OC(C)(C)C)COc1cc(-c2cccc(F)c2)cc(-c2cccc(F)c2)c1. The third-order valence-electron chi connectivity index (χ3n) is 5.30. The fraction of sp³-hybridized carbons (Fsp3) is 0.345. The second-order valence-electron chi connectivity index (χ2n) is 9.75. The van der Waals surface area contributed by atoms with Crippen LogP contribution < -0.4 is 10.1 Å². The summed E-state index contributed by atoms with van der Waals surface area (Å²) in [5.74, 6) is 0.222. The number of halogens is 2. The van der Waals surface area contributed by atoms with Gasteiger partial charge in [-0.05, 0) is 104 Å². The number of hydrogen-bond donors (Lipinski definition) is 1. The molecule has 0 aliphatic carbocycles. The first-order valence-electron chi connectivity index (χ1n) is 11.9. The minimum absolute atomic E-state index is 0.242. The summed E-state index contributed by atoms with van der Waals surface area (Å²) in [5.41, 5.74) is 2.49. The smallest absolute Gasteiger partial charge is 0.407 e. The Bertz CT molecular complexity index is 1080. The highest BCUT2D eigenvalue weighted by molar-refractivity contribution is 5.75. The monoisotopic (exact) mass is 481 g/mol. The molecule has 0 radical (unpaired) electrons. The molecule has 1 N–H and O–H groups in total. The molecule has 3 aromatic carbocycles. The largest absolute Gasteiger partial charge is 0.493 e. The molecule has 0 unspecified atom stereocenters. The topological polar surface area (TPSA) is 47.6 Å². The molecule has 3 aromatic rings. The Morgan fingerprint density at radius 2 is 1.46 bits per heavy atom. The van der Waals surface area contributed by atoms with Crippen LogP contribution in [-0.4, -0.2) is 24.8 Å². The minimum atomic E-state index is -0.518. The van der Waals surface area contributed by atoms with Gasteiger partial charge in [-0.25, -0.2) is 13.6 Å². The van der Waals surface area contributed by atoms with Crippen LogP contribution in [0.5, 0.6) is 5.75 Å². The summed E-state index contributed by atoms with van der Waals surface area (Å²) >= 11 is 0. The number of amides is 1. The van der Waals surface area contributed by atoms with Crippen LogP contribution in [0, 0.1) is 17.6 Å². The van der Waals surface area contributed by atoms with Crippen LogP contribution >= 0.6 is 0 Å². The Hall–Kier alpha value is -3.41. The van der Waals surface area contributed by atoms with Crippen molar-refractivity contribution < 1.29 is 23.0 Å². The molecule has 1 atom stereocenters. The Labute approximate surface area is 206 Å². The quantitative estimate of drug-likeness (QED) is 0.320. The van der Waals surface area contributed by atoms with Crippen LogP contribution in [0.1, 0.15) is 40.5 Å². The number of carbonyl (C=O) groups is 1. The van der Waals surface area contributed by atoms with E-state index in [1.807, 2.05) is 51.1 Å². The number of alkyl carbamates (subject to hydrolysis) is 1. The highest BCUT2D eigenvalue weighted by atomic mass is 19.1. The molecule has 0 fully saturated rings. The van der Waals surface area contributed by atoms with Gasteiger partial charge in [-0.1, -0.05) is 31.2 Å². The van der Waals surface area contributed by atoms with Crippen molar-refractivity contribution >= 4 is 6.09 Å². The first kappa shape index (κ1) is 26.2. The average Bonchev–Trinajstić information content (AvgIpc) is 2.79. The Morgan fingerprint density at radius 1 is 0.886 bits per heavy atom. The Kier molecular flexibility index (Phi) is 8.85. The molecule has 0 aliphatic heterocycles. The number of nitrogens with one attached hydrogen (secondary N) is 1. The van der Waals surface area contributed by atoms with E-state index in [4.69, 9.17) is 9.47 Å². The van der Waals surface area contributed by atoms with Crippen molar-refractivity contribution in [2.75, 3.05) is 13.2 Å². The van der Waals surface area contributed by atoms with E-state index < -0.39 is 11.7 Å². The number of benzene rings is 3. The predicted octanol–water partition coefficient (Wildman–Crippen LogP) is 7.62. The first-order valence-corrected chi connectivity index (χ1v) is 11.9. The number of rotatable bonds is 9. The summed E-state index contributed by atoms with van der Waals surface area (Å²) in [4.78, 5) is 11.7. The maximum atomic E-state index is 13.8. The molecule has 0 aliphatic rings. The van der Waals surface area contributed by atoms with E-state index in [0.29, 0.717) is 18.9 Å². The van der Waals surface area contributed by atoms with Crippen LogP contribution in [0.3, 0.4) is 0 Å². The maximum absolute atomic E-state index is 13.8. The molecule has 3 rings (SSSR count). The van der Waals surface area contributed by atoms with Crippen LogP contribution in [0.25, 0.3) is 22.3 Å². The van der Waals surface area contributed by atoms with E-state index >= 15 is 0 Å². The molecule has 0 spiro atoms. The van der Waals surface area contributed by atoms with E-state index in [0.717, 1.165) is 35.1 Å². The first-order chi connectivity index (χ1) is 16.6. The third-order valence-corrected chi connectivity index (χ3v) is 5.30. The number of carbonyl (C=O) groups excluding carboxylic acids is 1. The summed E-state index contributed by atoms with van der Waals surface area (Å²) in [6, 6.07) is 18.4. The van der Waals surface area contributed by atoms with Gasteiger partial charge in [0.1, 0.15) is 23.0 Å². The standard InChI is InChI=1S/C29H33F2NO3/c1-20(8-7-13-32-28(33)35-29(2,3)4)19-34-27-17-23(21-9-5-11-25(30)15-21)14-24(18-27)22-10-6-12-26(31)16-22/h5-6,9-12,14-18,20H,7-8,13,19H2,1-4H3,(H,32,33)/t20-/m1/s1. The second-order valence-corrected chi connectivity index (χ2v) is 9.75. The van der Waals surface area contributed by atoms with E-state index in [2.05, 4.69) is 12.2 Å². The van der Waals surface area contributed by atoms with E-state index in [-0.39, 0.29) is 17.6 Å². The van der Waals surface area contributed by atoms with Gasteiger partial charge in [0, 0.05) is 6.54 Å². The predicted molar refractivity (Wildman–Crippen MR) is 135 cm³/mol. The molecule has 6 heteroatoms. The minimum Gasteiger partial charge on any atom is -0.493 e. The summed E-state index contributed by atoms with van der Waals surface area (Å²) in [6.07, 6.45) is 1.23. The fourth-order valence-corrected chi connectivity index (χ4v) is 3.63. The zero-order valence-electron chi connectivity index (χ0n) is 20.7. The Morgan fingerprint density at radius 3 is 1.97 bits per heavy atom. The third kappa shape index (κ3) is 8.71. The zero-order valence-corrected chi connectivity index (χ0v) is 20.7. The van der Waals surface area contributed by atoms with Crippen molar-refractivity contribution in [3.8, 4) is 28.0 Å². The highest BCUT2D eigenvalue weighted by Crippen LogP contribution is 2.32. The van der Waals surface area contributed by atoms with Crippen LogP contribution in [0.15, 0.2) is 66.7 Å². The summed E-state index contributed by atoms with van der Waals surface area (Å²) < 4.78 is 39.0. The molecule has 186 valence electrons. The van der Waals surface area contributed by atoms with Gasteiger partial charge >= 0.3 is 6.09 Å². The van der Waals surface area contributed by atoms with Crippen molar-refractivity contribution in [2.45, 2.75) is 46.1 Å². The lowest BCUT2D eigenvalue weighted by Crippen LogP contribution is -2.33. The maximum Gasteiger partial charge on any atom is 0.407 e. The number of hydrogen-bond acceptors (Lipinski definition) is 3. The molecule has 4 nitrogen and oxygen atoms in total. The van der Waals surface area contributed by atoms with Gasteiger partial charge in [-0.2, -0.15) is 0 Å². The zero-order chi connectivity index (χ0) is 25.4. The van der Waals surface area contributed by atoms with Gasteiger partial charge in [0.15, 0.2) is 0 Å². The Balaban J connectivity index is 1.65. The molecule has 0 aromatic heterocycles. The normalized spacial score (nSPS) is 12.2. The van der Waals surface area contributed by atoms with Crippen LogP contribution in [0.2, 0.25) is 0 Å². The number of ether oxygens (including phenoxy) is 2. The van der Waals surface area contributed by atoms with E-state index in [1.54, 1.807) is 12.1 Å². The second kappa shape index (κ2) is 11.8. The van der Waals surface area contributed by atoms with Crippen molar-refractivity contribution in [3.05, 3.63) is 78.4 Å². The average molecular weight is 482 g/mol. The van der Waals surface area contributed by atoms with Crippen LogP contribution in [0.4, 0.5) is 13.6 Å². The molecular weight excluding hydrogens is 448 g/mol. The van der Waals surface area contributed by atoms with Gasteiger partial charge in [0.2, 0.25) is 0 Å². The molecule has 0 saturated carbocycles. The van der Waals surface area contributed by atoms with Gasteiger partial charge in [-0.15, -0.1) is 0 Å². The molecule has 35 heavy (non-hydrogen) atoms. The summed E-state index contributed by atoms with van der Waals surface area (Å²) in [7, 11) is 0. The van der Waals surface area contributed by atoms with Crippen molar-refractivity contribution in [2.24, 2.45) is 5.92 Å². The van der Waals surface area contributed by atoms with Gasteiger partial charge < -0.3 is 14.8 Å². The lowest BCUT2D eigenvalue weighted by atomic mass is 9.98. The lowest BCUT2D eigenvalue weighted by Gasteiger charge is -2.20. The highest BCUT2D eigenvalue weighted by Gasteiger charge is 2.15. The van der Waals surface area contributed by atoms with Gasteiger partial charge in [-0.3, -0.25) is 0 Å². The van der Waals surface area contributed by atoms with Crippen LogP contribution in [-0.2, 0) is 4.74 Å². The molecule has 0 saturated heterocycles. The molecular formula is C29H33F2NO3. The fourth-order valence-electron chi connectivity index (χ4n) is 3.63. The summed E-state index contributed by atoms with van der Waals surface area (Å²) in [6.45, 7) is 8.57. The van der Waals surface area contributed by atoms with Gasteiger partial charge in [0.25, 0.3) is 0 Å². The summed E-state index contributed by atoms with van der Waals surface area (Å²) in [5, 5.41) is 2.77. The molecule has 0 heterocycles. The molecule has 1 amide bonds. The lowest BCUT2D eigenvalue weighted by molar-refractivity contribution is 0.0526. The van der Waals surface area contributed by atoms with Crippen molar-refractivity contribution in [1.29, 1.82) is 0 Å². The van der Waals surface area contributed by atoms with Crippen molar-refractivity contribution in [3.63, 3.8) is 0 Å². The van der Waals surface area contributed by atoms with Gasteiger partial charge in [0.05, 0.1) is 6.61 Å². The molecule has 0 bridgehead atoms. The van der Waals surface area contributed by atoms with E-state index in [9.17, 15) is 13.6 Å². The van der Waals surface area contributed by atoms with Crippen molar-refractivity contribution in [1.82, 2.24) is 5.32 Å². The van der Waals surface area contributed by atoms with E-state index in [1.165, 1.54) is 24.3 Å².